The lowest BCUT2D eigenvalue weighted by Crippen LogP contribution is -1.91. The van der Waals surface area contributed by atoms with Gasteiger partial charge >= 0.3 is 0 Å². The standard InChI is InChI=1S/C17H18O3/c1-11-9-14(10-17(19-4)12(11)2)5-6-15-7-8-16(20-15)13(3)18/h5-10H,1-4H3. The molecule has 1 aromatic carbocycles. The van der Waals surface area contributed by atoms with Crippen LogP contribution in [0.3, 0.4) is 0 Å². The summed E-state index contributed by atoms with van der Waals surface area (Å²) in [7, 11) is 1.67. The molecule has 0 spiro atoms. The van der Waals surface area contributed by atoms with Crippen LogP contribution < -0.4 is 4.74 Å². The molecular weight excluding hydrogens is 252 g/mol. The molecule has 2 rings (SSSR count). The van der Waals surface area contributed by atoms with Gasteiger partial charge in [0.2, 0.25) is 0 Å². The van der Waals surface area contributed by atoms with Crippen molar-refractivity contribution in [2.45, 2.75) is 20.8 Å². The van der Waals surface area contributed by atoms with Crippen LogP contribution in [-0.2, 0) is 0 Å². The number of rotatable bonds is 4. The summed E-state index contributed by atoms with van der Waals surface area (Å²) in [6.07, 6.45) is 3.79. The Labute approximate surface area is 118 Å². The van der Waals surface area contributed by atoms with Gasteiger partial charge in [-0.05, 0) is 54.8 Å². The maximum Gasteiger partial charge on any atom is 0.194 e. The van der Waals surface area contributed by atoms with Gasteiger partial charge < -0.3 is 9.15 Å². The quantitative estimate of drug-likeness (QED) is 0.778. The molecule has 0 N–H and O–H groups in total. The lowest BCUT2D eigenvalue weighted by molar-refractivity contribution is 0.0987. The number of hydrogen-bond donors (Lipinski definition) is 0. The topological polar surface area (TPSA) is 39.4 Å². The first-order chi connectivity index (χ1) is 9.51. The summed E-state index contributed by atoms with van der Waals surface area (Å²) in [5.41, 5.74) is 3.35. The third-order valence-corrected chi connectivity index (χ3v) is 3.28. The second kappa shape index (κ2) is 5.78. The van der Waals surface area contributed by atoms with Crippen molar-refractivity contribution in [2.24, 2.45) is 0 Å². The average molecular weight is 270 g/mol. The molecule has 0 aliphatic carbocycles. The van der Waals surface area contributed by atoms with Crippen LogP contribution >= 0.6 is 0 Å². The fourth-order valence-corrected chi connectivity index (χ4v) is 1.97. The molecule has 0 bridgehead atoms. The monoisotopic (exact) mass is 270 g/mol. The number of aryl methyl sites for hydroxylation is 1. The minimum absolute atomic E-state index is 0.0718. The Kier molecular flexibility index (Phi) is 4.08. The van der Waals surface area contributed by atoms with Crippen LogP contribution in [0.1, 0.15) is 39.9 Å². The Morgan fingerprint density at radius 3 is 2.55 bits per heavy atom. The highest BCUT2D eigenvalue weighted by atomic mass is 16.5. The molecule has 104 valence electrons. The van der Waals surface area contributed by atoms with Gasteiger partial charge in [-0.3, -0.25) is 4.79 Å². The molecule has 1 aromatic heterocycles. The molecule has 0 saturated heterocycles. The van der Waals surface area contributed by atoms with E-state index in [1.54, 1.807) is 19.2 Å². The minimum Gasteiger partial charge on any atom is -0.496 e. The number of benzene rings is 1. The number of carbonyl (C=O) groups excluding carboxylic acids is 1. The first-order valence-electron chi connectivity index (χ1n) is 6.45. The summed E-state index contributed by atoms with van der Waals surface area (Å²) < 4.78 is 10.8. The van der Waals surface area contributed by atoms with E-state index in [1.165, 1.54) is 12.5 Å². The van der Waals surface area contributed by atoms with Gasteiger partial charge in [0.1, 0.15) is 11.5 Å². The van der Waals surface area contributed by atoms with E-state index in [-0.39, 0.29) is 5.78 Å². The third-order valence-electron chi connectivity index (χ3n) is 3.28. The van der Waals surface area contributed by atoms with E-state index < -0.39 is 0 Å². The molecular formula is C17H18O3. The molecule has 0 aliphatic heterocycles. The number of ketones is 1. The number of ether oxygens (including phenoxy) is 1. The van der Waals surface area contributed by atoms with Crippen molar-refractivity contribution in [1.82, 2.24) is 0 Å². The first kappa shape index (κ1) is 14.1. The number of Topliss-reactive ketones (excluding diaryl/α,β-unsaturated/α-hetero) is 1. The summed E-state index contributed by atoms with van der Waals surface area (Å²) in [4.78, 5) is 11.2. The predicted molar refractivity (Wildman–Crippen MR) is 80.1 cm³/mol. The van der Waals surface area contributed by atoms with Crippen LogP contribution in [0.15, 0.2) is 28.7 Å². The zero-order chi connectivity index (χ0) is 14.7. The summed E-state index contributed by atoms with van der Waals surface area (Å²) in [5.74, 6) is 1.83. The molecule has 1 heterocycles. The van der Waals surface area contributed by atoms with Gasteiger partial charge in [-0.2, -0.15) is 0 Å². The van der Waals surface area contributed by atoms with Crippen molar-refractivity contribution < 1.29 is 13.9 Å². The van der Waals surface area contributed by atoms with E-state index in [9.17, 15) is 4.79 Å². The summed E-state index contributed by atoms with van der Waals surface area (Å²) in [6.45, 7) is 5.57. The van der Waals surface area contributed by atoms with Crippen LogP contribution in [0.4, 0.5) is 0 Å². The smallest absolute Gasteiger partial charge is 0.194 e. The molecule has 2 aromatic rings. The van der Waals surface area contributed by atoms with Crippen molar-refractivity contribution in [2.75, 3.05) is 7.11 Å². The Balaban J connectivity index is 2.26. The molecule has 20 heavy (non-hydrogen) atoms. The van der Waals surface area contributed by atoms with Crippen LogP contribution in [0.5, 0.6) is 5.75 Å². The fraction of sp³-hybridized carbons (Fsp3) is 0.235. The number of carbonyl (C=O) groups is 1. The SMILES string of the molecule is COc1cc(C=Cc2ccc(C(C)=O)o2)cc(C)c1C. The van der Waals surface area contributed by atoms with E-state index in [0.717, 1.165) is 16.9 Å². The van der Waals surface area contributed by atoms with Crippen molar-refractivity contribution in [3.8, 4) is 5.75 Å². The second-order valence-electron chi connectivity index (χ2n) is 4.76. The third kappa shape index (κ3) is 2.99. The van der Waals surface area contributed by atoms with Crippen molar-refractivity contribution in [1.29, 1.82) is 0 Å². The highest BCUT2D eigenvalue weighted by Crippen LogP contribution is 2.24. The predicted octanol–water partition coefficient (Wildman–Crippen LogP) is 4.28. The second-order valence-corrected chi connectivity index (χ2v) is 4.76. The van der Waals surface area contributed by atoms with Crippen molar-refractivity contribution in [3.05, 3.63) is 52.5 Å². The maximum atomic E-state index is 11.2. The van der Waals surface area contributed by atoms with Gasteiger partial charge in [0.25, 0.3) is 0 Å². The molecule has 0 atom stereocenters. The van der Waals surface area contributed by atoms with Gasteiger partial charge in [-0.15, -0.1) is 0 Å². The highest BCUT2D eigenvalue weighted by molar-refractivity contribution is 5.91. The normalized spacial score (nSPS) is 11.0. The van der Waals surface area contributed by atoms with Crippen LogP contribution in [0, 0.1) is 13.8 Å². The summed E-state index contributed by atoms with van der Waals surface area (Å²) in [6, 6.07) is 7.53. The summed E-state index contributed by atoms with van der Waals surface area (Å²) >= 11 is 0. The van der Waals surface area contributed by atoms with E-state index >= 15 is 0 Å². The van der Waals surface area contributed by atoms with Gasteiger partial charge in [0.15, 0.2) is 11.5 Å². The van der Waals surface area contributed by atoms with Crippen molar-refractivity contribution >= 4 is 17.9 Å². The lowest BCUT2D eigenvalue weighted by atomic mass is 10.0. The Morgan fingerprint density at radius 2 is 1.95 bits per heavy atom. The van der Waals surface area contributed by atoms with E-state index in [2.05, 4.69) is 13.0 Å². The molecule has 0 aliphatic rings. The van der Waals surface area contributed by atoms with Gasteiger partial charge in [-0.1, -0.05) is 12.1 Å². The minimum atomic E-state index is -0.0718. The number of methoxy groups -OCH3 is 1. The largest absolute Gasteiger partial charge is 0.496 e. The molecule has 0 saturated carbocycles. The lowest BCUT2D eigenvalue weighted by Gasteiger charge is -2.08. The van der Waals surface area contributed by atoms with Gasteiger partial charge in [0.05, 0.1) is 7.11 Å². The van der Waals surface area contributed by atoms with Crippen molar-refractivity contribution in [3.63, 3.8) is 0 Å². The molecule has 0 fully saturated rings. The van der Waals surface area contributed by atoms with E-state index in [4.69, 9.17) is 9.15 Å². The van der Waals surface area contributed by atoms with Crippen LogP contribution in [-0.4, -0.2) is 12.9 Å². The molecule has 3 nitrogen and oxygen atoms in total. The Hall–Kier alpha value is -2.29. The van der Waals surface area contributed by atoms with E-state index in [1.807, 2.05) is 25.1 Å². The molecule has 0 unspecified atom stereocenters. The average Bonchev–Trinajstić information content (AvgIpc) is 2.89. The molecule has 3 heteroatoms. The number of hydrogen-bond acceptors (Lipinski definition) is 3. The zero-order valence-corrected chi connectivity index (χ0v) is 12.2. The zero-order valence-electron chi connectivity index (χ0n) is 12.2. The molecule has 0 amide bonds. The Bertz CT molecular complexity index is 663. The maximum absolute atomic E-state index is 11.2. The van der Waals surface area contributed by atoms with Crippen LogP contribution in [0.25, 0.3) is 12.2 Å². The molecule has 0 radical (unpaired) electrons. The van der Waals surface area contributed by atoms with Crippen LogP contribution in [0.2, 0.25) is 0 Å². The van der Waals surface area contributed by atoms with E-state index in [0.29, 0.717) is 11.5 Å². The highest BCUT2D eigenvalue weighted by Gasteiger charge is 2.05. The first-order valence-corrected chi connectivity index (χ1v) is 6.45. The van der Waals surface area contributed by atoms with Gasteiger partial charge in [-0.25, -0.2) is 0 Å². The number of furan rings is 1. The Morgan fingerprint density at radius 1 is 1.20 bits per heavy atom. The van der Waals surface area contributed by atoms with Gasteiger partial charge in [0, 0.05) is 6.92 Å². The summed E-state index contributed by atoms with van der Waals surface area (Å²) in [5, 5.41) is 0. The fourth-order valence-electron chi connectivity index (χ4n) is 1.97.